The lowest BCUT2D eigenvalue weighted by Gasteiger charge is -2.03. The van der Waals surface area contributed by atoms with Crippen molar-refractivity contribution in [3.05, 3.63) is 48.2 Å². The number of aromatic nitrogens is 5. The molecule has 0 saturated heterocycles. The average molecular weight is 308 g/mol. The van der Waals surface area contributed by atoms with Gasteiger partial charge in [0.05, 0.1) is 24.4 Å². The first kappa shape index (κ1) is 16.1. The minimum Gasteiger partial charge on any atom is -0.497 e. The molecule has 7 nitrogen and oxygen atoms in total. The van der Waals surface area contributed by atoms with E-state index in [0.29, 0.717) is 28.5 Å². The number of pyridine rings is 1. The lowest BCUT2D eigenvalue weighted by Crippen LogP contribution is -2.00. The van der Waals surface area contributed by atoms with Crippen LogP contribution in [0.15, 0.2) is 42.6 Å². The topological polar surface area (TPSA) is 89.5 Å². The first-order valence-corrected chi connectivity index (χ1v) is 7.11. The van der Waals surface area contributed by atoms with Crippen molar-refractivity contribution in [2.45, 2.75) is 13.8 Å². The van der Waals surface area contributed by atoms with Gasteiger partial charge in [-0.2, -0.15) is 5.26 Å². The Hall–Kier alpha value is -3.27. The molecule has 0 amide bonds. The zero-order valence-electron chi connectivity index (χ0n) is 13.1. The van der Waals surface area contributed by atoms with E-state index in [1.54, 1.807) is 30.5 Å². The van der Waals surface area contributed by atoms with Crippen LogP contribution in [0.5, 0.6) is 5.75 Å². The van der Waals surface area contributed by atoms with Crippen LogP contribution in [0.1, 0.15) is 19.4 Å². The number of ether oxygens (including phenoxy) is 1. The van der Waals surface area contributed by atoms with Gasteiger partial charge in [0.1, 0.15) is 11.4 Å². The average Bonchev–Trinajstić information content (AvgIpc) is 3.14. The number of benzene rings is 1. The lowest BCUT2D eigenvalue weighted by atomic mass is 10.2. The van der Waals surface area contributed by atoms with Crippen molar-refractivity contribution >= 4 is 0 Å². The second-order valence-corrected chi connectivity index (χ2v) is 4.15. The summed E-state index contributed by atoms with van der Waals surface area (Å²) in [5, 5.41) is 21.3. The highest BCUT2D eigenvalue weighted by molar-refractivity contribution is 5.49. The van der Waals surface area contributed by atoms with E-state index >= 15 is 0 Å². The van der Waals surface area contributed by atoms with Crippen LogP contribution in [0.3, 0.4) is 0 Å². The number of hydrogen-bond acceptors (Lipinski definition) is 6. The van der Waals surface area contributed by atoms with Crippen molar-refractivity contribution in [3.63, 3.8) is 0 Å². The van der Waals surface area contributed by atoms with Crippen LogP contribution in [0.2, 0.25) is 0 Å². The second-order valence-electron chi connectivity index (χ2n) is 4.15. The zero-order valence-corrected chi connectivity index (χ0v) is 13.1. The highest BCUT2D eigenvalue weighted by Crippen LogP contribution is 2.19. The van der Waals surface area contributed by atoms with Crippen molar-refractivity contribution in [1.82, 2.24) is 25.2 Å². The van der Waals surface area contributed by atoms with Gasteiger partial charge in [-0.1, -0.05) is 19.9 Å². The number of methoxy groups -OCH3 is 1. The molecular weight excluding hydrogens is 292 g/mol. The Morgan fingerprint density at radius 3 is 2.65 bits per heavy atom. The molecule has 0 fully saturated rings. The van der Waals surface area contributed by atoms with Crippen molar-refractivity contribution in [3.8, 4) is 29.0 Å². The highest BCUT2D eigenvalue weighted by atomic mass is 16.5. The third-order valence-electron chi connectivity index (χ3n) is 2.79. The van der Waals surface area contributed by atoms with E-state index in [2.05, 4.69) is 26.5 Å². The van der Waals surface area contributed by atoms with E-state index in [0.717, 1.165) is 0 Å². The number of nitrogens with zero attached hydrogens (tertiary/aromatic N) is 6. The summed E-state index contributed by atoms with van der Waals surface area (Å²) in [7, 11) is 1.54. The fraction of sp³-hybridized carbons (Fsp3) is 0.188. The Morgan fingerprint density at radius 2 is 2.00 bits per heavy atom. The summed E-state index contributed by atoms with van der Waals surface area (Å²) in [5.41, 5.74) is 1.69. The number of rotatable bonds is 3. The quantitative estimate of drug-likeness (QED) is 0.739. The molecule has 0 aliphatic rings. The van der Waals surface area contributed by atoms with Gasteiger partial charge in [-0.3, -0.25) is 4.98 Å². The molecule has 116 valence electrons. The van der Waals surface area contributed by atoms with E-state index in [1.807, 2.05) is 26.0 Å². The van der Waals surface area contributed by atoms with Gasteiger partial charge in [-0.15, -0.1) is 15.0 Å². The van der Waals surface area contributed by atoms with Gasteiger partial charge in [0.15, 0.2) is 0 Å². The third-order valence-corrected chi connectivity index (χ3v) is 2.79. The van der Waals surface area contributed by atoms with Crippen LogP contribution in [0, 0.1) is 11.3 Å². The minimum absolute atomic E-state index is 0.414. The van der Waals surface area contributed by atoms with E-state index in [9.17, 15) is 0 Å². The molecule has 3 aromatic rings. The van der Waals surface area contributed by atoms with Gasteiger partial charge in [0.2, 0.25) is 5.82 Å². The van der Waals surface area contributed by atoms with Gasteiger partial charge in [-0.05, 0) is 29.5 Å². The first-order valence-electron chi connectivity index (χ1n) is 7.11. The minimum atomic E-state index is 0.414. The molecule has 3 rings (SSSR count). The van der Waals surface area contributed by atoms with E-state index in [4.69, 9.17) is 10.00 Å². The summed E-state index contributed by atoms with van der Waals surface area (Å²) in [6.07, 6.45) is 1.66. The van der Waals surface area contributed by atoms with Crippen LogP contribution in [0.4, 0.5) is 0 Å². The molecule has 0 unspecified atom stereocenters. The van der Waals surface area contributed by atoms with Gasteiger partial charge < -0.3 is 4.74 Å². The molecule has 0 aliphatic heterocycles. The predicted molar refractivity (Wildman–Crippen MR) is 85.0 cm³/mol. The highest BCUT2D eigenvalue weighted by Gasteiger charge is 2.10. The Kier molecular flexibility index (Phi) is 5.36. The van der Waals surface area contributed by atoms with Crippen molar-refractivity contribution in [2.75, 3.05) is 7.11 Å². The van der Waals surface area contributed by atoms with Crippen molar-refractivity contribution < 1.29 is 4.74 Å². The fourth-order valence-corrected chi connectivity index (χ4v) is 1.80. The molecule has 1 aromatic carbocycles. The molecule has 2 heterocycles. The molecule has 0 bridgehead atoms. The first-order chi connectivity index (χ1) is 11.3. The molecule has 2 aromatic heterocycles. The largest absolute Gasteiger partial charge is 0.497 e. The smallest absolute Gasteiger partial charge is 0.223 e. The molecular formula is C16H16N6O. The number of tetrazole rings is 1. The molecule has 0 saturated carbocycles. The molecule has 0 aliphatic carbocycles. The van der Waals surface area contributed by atoms with Crippen molar-refractivity contribution in [1.29, 1.82) is 5.26 Å². The number of nitriles is 1. The van der Waals surface area contributed by atoms with E-state index < -0.39 is 0 Å². The van der Waals surface area contributed by atoms with Crippen LogP contribution >= 0.6 is 0 Å². The monoisotopic (exact) mass is 308 g/mol. The second kappa shape index (κ2) is 7.66. The number of hydrogen-bond donors (Lipinski definition) is 0. The van der Waals surface area contributed by atoms with Gasteiger partial charge in [-0.25, -0.2) is 0 Å². The summed E-state index contributed by atoms with van der Waals surface area (Å²) in [6, 6.07) is 12.6. The maximum Gasteiger partial charge on any atom is 0.223 e. The summed E-state index contributed by atoms with van der Waals surface area (Å²) in [5.74, 6) is 0.970. The lowest BCUT2D eigenvalue weighted by molar-refractivity contribution is 0.414. The standard InChI is InChI=1S/C14H10N6O.C2H6/c1-21-12-7-10(9-15)6-11(8-12)20-18-14(17-19-20)13-4-2-3-5-16-13;1-2/h2-8H,1H3;1-2H3. The van der Waals surface area contributed by atoms with Gasteiger partial charge >= 0.3 is 0 Å². The van der Waals surface area contributed by atoms with Crippen LogP contribution in [-0.2, 0) is 0 Å². The summed E-state index contributed by atoms with van der Waals surface area (Å²) >= 11 is 0. The Balaban J connectivity index is 0.000000924. The molecule has 23 heavy (non-hydrogen) atoms. The van der Waals surface area contributed by atoms with E-state index in [-0.39, 0.29) is 0 Å². The van der Waals surface area contributed by atoms with Crippen LogP contribution in [0.25, 0.3) is 17.2 Å². The molecule has 0 spiro atoms. The predicted octanol–water partition coefficient (Wildman–Crippen LogP) is 2.63. The molecule has 7 heteroatoms. The molecule has 0 N–H and O–H groups in total. The third kappa shape index (κ3) is 3.68. The Labute approximate surface area is 134 Å². The summed E-state index contributed by atoms with van der Waals surface area (Å²) < 4.78 is 5.16. The molecule has 0 atom stereocenters. The normalized spacial score (nSPS) is 9.48. The fourth-order valence-electron chi connectivity index (χ4n) is 1.80. The molecule has 0 radical (unpaired) electrons. The van der Waals surface area contributed by atoms with Gasteiger partial charge in [0.25, 0.3) is 0 Å². The van der Waals surface area contributed by atoms with Crippen LogP contribution in [-0.4, -0.2) is 32.3 Å². The maximum absolute atomic E-state index is 9.03. The van der Waals surface area contributed by atoms with Crippen LogP contribution < -0.4 is 4.74 Å². The summed E-state index contributed by atoms with van der Waals surface area (Å²) in [6.45, 7) is 4.00. The SMILES string of the molecule is CC.COc1cc(C#N)cc(-n2nnc(-c3ccccn3)n2)c1. The van der Waals surface area contributed by atoms with E-state index in [1.165, 1.54) is 11.9 Å². The zero-order chi connectivity index (χ0) is 16.7. The summed E-state index contributed by atoms with van der Waals surface area (Å²) in [4.78, 5) is 5.51. The Bertz CT molecular complexity index is 807. The Morgan fingerprint density at radius 1 is 1.17 bits per heavy atom. The maximum atomic E-state index is 9.03. The van der Waals surface area contributed by atoms with Crippen molar-refractivity contribution in [2.24, 2.45) is 0 Å². The van der Waals surface area contributed by atoms with Gasteiger partial charge in [0, 0.05) is 12.3 Å².